The third kappa shape index (κ3) is 7.26. The molecule has 0 saturated carbocycles. The second-order valence-electron chi connectivity index (χ2n) is 9.17. The molecule has 0 unspecified atom stereocenters. The molecule has 5 aromatic rings. The molecule has 5 rings (SSSR count). The normalized spacial score (nSPS) is 11.1. The molecule has 0 aliphatic rings. The van der Waals surface area contributed by atoms with Crippen molar-refractivity contribution in [1.82, 2.24) is 5.43 Å². The Balaban J connectivity index is 1.24. The van der Waals surface area contributed by atoms with Crippen LogP contribution in [0.3, 0.4) is 0 Å². The number of rotatable bonds is 7. The van der Waals surface area contributed by atoms with Gasteiger partial charge in [0.05, 0.1) is 21.8 Å². The number of aryl methyl sites for hydroxylation is 1. The fraction of sp³-hybridized carbons (Fsp3) is 0.0323. The van der Waals surface area contributed by atoms with Crippen LogP contribution in [0.2, 0.25) is 15.1 Å². The maximum Gasteiger partial charge on any atom is 0.355 e. The van der Waals surface area contributed by atoms with E-state index in [-0.39, 0.29) is 21.2 Å². The number of ether oxygens (including phenoxy) is 1. The summed E-state index contributed by atoms with van der Waals surface area (Å²) in [6.07, 6.45) is 1.37. The quantitative estimate of drug-likeness (QED) is 0.0761. The van der Waals surface area contributed by atoms with Gasteiger partial charge >= 0.3 is 5.97 Å². The summed E-state index contributed by atoms with van der Waals surface area (Å²) < 4.78 is 7.28. The number of carbonyl (C=O) groups excluding carboxylic acids is 3. The van der Waals surface area contributed by atoms with Crippen molar-refractivity contribution in [3.8, 4) is 5.75 Å². The number of nitrogens with one attached hydrogen (secondary N) is 2. The van der Waals surface area contributed by atoms with Crippen LogP contribution in [0.25, 0.3) is 10.1 Å². The molecule has 216 valence electrons. The van der Waals surface area contributed by atoms with Crippen LogP contribution in [0, 0.1) is 6.92 Å². The molecule has 1 aromatic heterocycles. The lowest BCUT2D eigenvalue weighted by Crippen LogP contribution is -2.18. The number of anilines is 1. The summed E-state index contributed by atoms with van der Waals surface area (Å²) in [7, 11) is 0. The maximum atomic E-state index is 13.0. The van der Waals surface area contributed by atoms with Gasteiger partial charge in [0.2, 0.25) is 0 Å². The van der Waals surface area contributed by atoms with Crippen molar-refractivity contribution >= 4 is 102 Å². The van der Waals surface area contributed by atoms with Crippen molar-refractivity contribution in [3.63, 3.8) is 0 Å². The van der Waals surface area contributed by atoms with Crippen molar-refractivity contribution in [1.29, 1.82) is 0 Å². The van der Waals surface area contributed by atoms with Crippen LogP contribution >= 0.6 is 62.1 Å². The monoisotopic (exact) mass is 713 g/mol. The van der Waals surface area contributed by atoms with Crippen molar-refractivity contribution in [2.75, 3.05) is 5.32 Å². The van der Waals surface area contributed by atoms with Crippen LogP contribution in [-0.4, -0.2) is 24.0 Å². The van der Waals surface area contributed by atoms with Gasteiger partial charge in [-0.3, -0.25) is 9.59 Å². The van der Waals surface area contributed by atoms with E-state index in [0.717, 1.165) is 15.6 Å². The summed E-state index contributed by atoms with van der Waals surface area (Å²) in [5, 5.41) is 8.52. The van der Waals surface area contributed by atoms with Gasteiger partial charge in [0.15, 0.2) is 0 Å². The van der Waals surface area contributed by atoms with Gasteiger partial charge in [-0.2, -0.15) is 5.10 Å². The molecular weight excluding hydrogens is 697 g/mol. The predicted molar refractivity (Wildman–Crippen MR) is 177 cm³/mol. The molecule has 0 spiro atoms. The molecule has 0 bridgehead atoms. The summed E-state index contributed by atoms with van der Waals surface area (Å²) in [5.41, 5.74) is 4.97. The number of hydrogen-bond donors (Lipinski definition) is 2. The van der Waals surface area contributed by atoms with Gasteiger partial charge in [0.25, 0.3) is 11.8 Å². The minimum Gasteiger partial charge on any atom is -0.422 e. The summed E-state index contributed by atoms with van der Waals surface area (Å²) in [6, 6.07) is 21.6. The number of hydrazone groups is 1. The lowest BCUT2D eigenvalue weighted by Gasteiger charge is -2.08. The zero-order valence-corrected chi connectivity index (χ0v) is 26.8. The molecule has 2 N–H and O–H groups in total. The Morgan fingerprint density at radius 1 is 0.907 bits per heavy atom. The average molecular weight is 716 g/mol. The number of fused-ring (bicyclic) bond motifs is 1. The van der Waals surface area contributed by atoms with E-state index >= 15 is 0 Å². The smallest absolute Gasteiger partial charge is 0.355 e. The van der Waals surface area contributed by atoms with Crippen LogP contribution in [0.5, 0.6) is 5.75 Å². The van der Waals surface area contributed by atoms with Crippen LogP contribution in [0.1, 0.15) is 41.5 Å². The van der Waals surface area contributed by atoms with Gasteiger partial charge in [-0.15, -0.1) is 11.3 Å². The van der Waals surface area contributed by atoms with Crippen molar-refractivity contribution in [3.05, 3.63) is 126 Å². The standard InChI is InChI=1S/C31H19BrCl3N3O4S/c1-16-2-9-23-26(12-16)43-28(27(23)35)31(41)42-25-11-5-19(32)13-18(25)15-36-38-29(39)17-3-7-21(8-4-17)37-30(40)22-10-6-20(33)14-24(22)34/h2-15H,1H3,(H,37,40)(H,38,39)/b36-15-. The van der Waals surface area contributed by atoms with E-state index in [1.165, 1.54) is 41.8 Å². The summed E-state index contributed by atoms with van der Waals surface area (Å²) in [5.74, 6) is -1.28. The molecule has 0 radical (unpaired) electrons. The van der Waals surface area contributed by atoms with E-state index in [4.69, 9.17) is 39.5 Å². The Kier molecular flexibility index (Phi) is 9.49. The molecule has 12 heteroatoms. The molecule has 0 saturated heterocycles. The molecule has 43 heavy (non-hydrogen) atoms. The molecule has 1 heterocycles. The Hall–Kier alpha value is -3.73. The van der Waals surface area contributed by atoms with E-state index < -0.39 is 17.8 Å². The zero-order chi connectivity index (χ0) is 30.7. The predicted octanol–water partition coefficient (Wildman–Crippen LogP) is 9.17. The Morgan fingerprint density at radius 3 is 2.42 bits per heavy atom. The second-order valence-corrected chi connectivity index (χ2v) is 12.4. The third-order valence-electron chi connectivity index (χ3n) is 6.10. The van der Waals surface area contributed by atoms with Gasteiger partial charge < -0.3 is 10.1 Å². The second kappa shape index (κ2) is 13.3. The highest BCUT2D eigenvalue weighted by molar-refractivity contribution is 9.10. The fourth-order valence-electron chi connectivity index (χ4n) is 3.97. The molecule has 7 nitrogen and oxygen atoms in total. The van der Waals surface area contributed by atoms with Gasteiger partial charge in [-0.25, -0.2) is 10.2 Å². The number of amides is 2. The first kappa shape index (κ1) is 30.7. The molecular formula is C31H19BrCl3N3O4S. The Bertz CT molecular complexity index is 1930. The van der Waals surface area contributed by atoms with Gasteiger partial charge in [0, 0.05) is 36.4 Å². The SMILES string of the molecule is Cc1ccc2c(Cl)c(C(=O)Oc3ccc(Br)cc3/C=N\NC(=O)c3ccc(NC(=O)c4ccc(Cl)cc4Cl)cc3)sc2c1. The van der Waals surface area contributed by atoms with E-state index in [2.05, 4.69) is 31.8 Å². The minimum absolute atomic E-state index is 0.223. The highest BCUT2D eigenvalue weighted by atomic mass is 79.9. The lowest BCUT2D eigenvalue weighted by atomic mass is 10.1. The Morgan fingerprint density at radius 2 is 1.67 bits per heavy atom. The molecule has 4 aromatic carbocycles. The molecule has 0 fully saturated rings. The van der Waals surface area contributed by atoms with Crippen LogP contribution in [0.15, 0.2) is 88.4 Å². The van der Waals surface area contributed by atoms with Gasteiger partial charge in [-0.1, -0.05) is 62.9 Å². The van der Waals surface area contributed by atoms with Crippen LogP contribution in [-0.2, 0) is 0 Å². The molecule has 2 amide bonds. The van der Waals surface area contributed by atoms with Crippen LogP contribution in [0.4, 0.5) is 5.69 Å². The Labute approximate surface area is 273 Å². The first-order chi connectivity index (χ1) is 20.6. The summed E-state index contributed by atoms with van der Waals surface area (Å²) >= 11 is 23.1. The first-order valence-electron chi connectivity index (χ1n) is 12.5. The number of carbonyl (C=O) groups is 3. The first-order valence-corrected chi connectivity index (χ1v) is 15.2. The number of benzene rings is 4. The average Bonchev–Trinajstić information content (AvgIpc) is 3.29. The number of halogens is 4. The van der Waals surface area contributed by atoms with Crippen molar-refractivity contribution < 1.29 is 19.1 Å². The maximum absolute atomic E-state index is 13.0. The zero-order valence-electron chi connectivity index (χ0n) is 22.1. The highest BCUT2D eigenvalue weighted by Crippen LogP contribution is 2.37. The van der Waals surface area contributed by atoms with Gasteiger partial charge in [-0.05, 0) is 79.2 Å². The van der Waals surface area contributed by atoms with E-state index in [1.807, 2.05) is 25.1 Å². The largest absolute Gasteiger partial charge is 0.422 e. The molecule has 0 aliphatic heterocycles. The van der Waals surface area contributed by atoms with E-state index in [1.54, 1.807) is 36.4 Å². The summed E-state index contributed by atoms with van der Waals surface area (Å²) in [4.78, 5) is 38.5. The number of esters is 1. The van der Waals surface area contributed by atoms with Crippen molar-refractivity contribution in [2.24, 2.45) is 5.10 Å². The van der Waals surface area contributed by atoms with Crippen LogP contribution < -0.4 is 15.5 Å². The van der Waals surface area contributed by atoms with E-state index in [0.29, 0.717) is 31.3 Å². The summed E-state index contributed by atoms with van der Waals surface area (Å²) in [6.45, 7) is 1.97. The molecule has 0 atom stereocenters. The lowest BCUT2D eigenvalue weighted by molar-refractivity contribution is 0.0739. The van der Waals surface area contributed by atoms with Gasteiger partial charge in [0.1, 0.15) is 10.6 Å². The highest BCUT2D eigenvalue weighted by Gasteiger charge is 2.20. The van der Waals surface area contributed by atoms with Crippen molar-refractivity contribution in [2.45, 2.75) is 6.92 Å². The van der Waals surface area contributed by atoms with E-state index in [9.17, 15) is 14.4 Å². The third-order valence-corrected chi connectivity index (χ3v) is 8.77. The number of thiophene rings is 1. The molecule has 0 aliphatic carbocycles. The topological polar surface area (TPSA) is 96.9 Å². The fourth-order valence-corrected chi connectivity index (χ4v) is 6.32. The number of nitrogens with zero attached hydrogens (tertiary/aromatic N) is 1. The number of hydrogen-bond acceptors (Lipinski definition) is 6. The minimum atomic E-state index is -0.602.